The molecule has 1 aliphatic heterocycles. The first-order valence-electron chi connectivity index (χ1n) is 8.15. The monoisotopic (exact) mass is 304 g/mol. The number of fused-ring (bicyclic) bond motifs is 1. The molecule has 4 rings (SSSR count). The Balaban J connectivity index is 1.58. The summed E-state index contributed by atoms with van der Waals surface area (Å²) in [7, 11) is 0. The first kappa shape index (κ1) is 13.7. The lowest BCUT2D eigenvalue weighted by atomic mass is 9.78. The van der Waals surface area contributed by atoms with Gasteiger partial charge in [0.05, 0.1) is 5.69 Å². The second-order valence-electron chi connectivity index (χ2n) is 6.77. The predicted octanol–water partition coefficient (Wildman–Crippen LogP) is 2.89. The van der Waals surface area contributed by atoms with Crippen molar-refractivity contribution in [2.24, 2.45) is 0 Å². The highest BCUT2D eigenvalue weighted by Crippen LogP contribution is 2.36. The first-order valence-corrected chi connectivity index (χ1v) is 9.03. The van der Waals surface area contributed by atoms with Gasteiger partial charge in [0.2, 0.25) is 0 Å². The third-order valence-corrected chi connectivity index (χ3v) is 6.00. The number of nitrogens with zero attached hydrogens (tertiary/aromatic N) is 3. The summed E-state index contributed by atoms with van der Waals surface area (Å²) < 4.78 is 2.15. The molecular formula is C16H24N4S. The summed E-state index contributed by atoms with van der Waals surface area (Å²) in [6, 6.07) is 0.585. The maximum atomic E-state index is 4.79. The Kier molecular flexibility index (Phi) is 3.52. The van der Waals surface area contributed by atoms with Gasteiger partial charge < -0.3 is 5.32 Å². The van der Waals surface area contributed by atoms with Crippen LogP contribution < -0.4 is 5.32 Å². The quantitative estimate of drug-likeness (QED) is 0.926. The number of imidazole rings is 1. The second-order valence-corrected chi connectivity index (χ2v) is 7.65. The van der Waals surface area contributed by atoms with Crippen LogP contribution in [-0.2, 0) is 6.54 Å². The first-order chi connectivity index (χ1) is 10.3. The van der Waals surface area contributed by atoms with Crippen molar-refractivity contribution in [1.29, 1.82) is 0 Å². The van der Waals surface area contributed by atoms with Gasteiger partial charge in [-0.1, -0.05) is 19.3 Å². The maximum absolute atomic E-state index is 4.79. The third-order valence-electron chi connectivity index (χ3n) is 5.22. The van der Waals surface area contributed by atoms with Crippen molar-refractivity contribution in [3.63, 3.8) is 0 Å². The van der Waals surface area contributed by atoms with E-state index in [-0.39, 0.29) is 0 Å². The molecule has 3 heterocycles. The number of hydrogen-bond donors (Lipinski definition) is 1. The highest BCUT2D eigenvalue weighted by Gasteiger charge is 2.41. The lowest BCUT2D eigenvalue weighted by Crippen LogP contribution is -2.64. The van der Waals surface area contributed by atoms with E-state index in [9.17, 15) is 0 Å². The van der Waals surface area contributed by atoms with Crippen molar-refractivity contribution in [1.82, 2.24) is 19.6 Å². The van der Waals surface area contributed by atoms with E-state index in [0.717, 1.165) is 24.6 Å². The molecule has 2 aromatic rings. The molecule has 1 unspecified atom stereocenters. The average molecular weight is 304 g/mol. The van der Waals surface area contributed by atoms with Crippen LogP contribution in [0.4, 0.5) is 0 Å². The summed E-state index contributed by atoms with van der Waals surface area (Å²) in [6.07, 6.45) is 11.2. The molecule has 0 bridgehead atoms. The number of hydrogen-bond acceptors (Lipinski definition) is 4. The molecule has 0 amide bonds. The number of thiazole rings is 1. The molecule has 1 N–H and O–H groups in total. The minimum Gasteiger partial charge on any atom is -0.311 e. The molecule has 0 radical (unpaired) electrons. The number of piperazine rings is 1. The van der Waals surface area contributed by atoms with Gasteiger partial charge in [-0.25, -0.2) is 4.98 Å². The van der Waals surface area contributed by atoms with Crippen molar-refractivity contribution in [2.75, 3.05) is 13.1 Å². The van der Waals surface area contributed by atoms with Crippen molar-refractivity contribution in [3.8, 4) is 0 Å². The van der Waals surface area contributed by atoms with Gasteiger partial charge in [0, 0.05) is 49.0 Å². The molecular weight excluding hydrogens is 280 g/mol. The highest BCUT2D eigenvalue weighted by atomic mass is 32.1. The van der Waals surface area contributed by atoms with Gasteiger partial charge in [0.15, 0.2) is 4.96 Å². The molecule has 2 fully saturated rings. The Morgan fingerprint density at radius 2 is 2.24 bits per heavy atom. The molecule has 1 aliphatic carbocycles. The van der Waals surface area contributed by atoms with Gasteiger partial charge >= 0.3 is 0 Å². The molecule has 21 heavy (non-hydrogen) atoms. The van der Waals surface area contributed by atoms with Crippen LogP contribution in [0.1, 0.15) is 44.7 Å². The van der Waals surface area contributed by atoms with Crippen LogP contribution in [0.25, 0.3) is 4.96 Å². The molecule has 0 aromatic carbocycles. The van der Waals surface area contributed by atoms with Crippen LogP contribution in [0.15, 0.2) is 17.8 Å². The SMILES string of the molecule is CC1CN(Cc2cn3ccsc3n2)C2(CCCCC2)CN1. The van der Waals surface area contributed by atoms with E-state index in [1.54, 1.807) is 11.3 Å². The van der Waals surface area contributed by atoms with Gasteiger partial charge in [-0.2, -0.15) is 0 Å². The standard InChI is InChI=1S/C16H24N4S/c1-13-9-20(16(12-17-13)5-3-2-4-6-16)11-14-10-19-7-8-21-15(19)18-14/h7-8,10,13,17H,2-6,9,11-12H2,1H3. The van der Waals surface area contributed by atoms with E-state index in [1.165, 1.54) is 37.8 Å². The topological polar surface area (TPSA) is 32.6 Å². The molecule has 2 aromatic heterocycles. The molecule has 4 nitrogen and oxygen atoms in total. The summed E-state index contributed by atoms with van der Waals surface area (Å²) in [5.41, 5.74) is 1.60. The maximum Gasteiger partial charge on any atom is 0.193 e. The van der Waals surface area contributed by atoms with Gasteiger partial charge in [-0.3, -0.25) is 9.30 Å². The van der Waals surface area contributed by atoms with E-state index in [0.29, 0.717) is 11.6 Å². The predicted molar refractivity (Wildman–Crippen MR) is 86.8 cm³/mol. The average Bonchev–Trinajstić information content (AvgIpc) is 3.05. The van der Waals surface area contributed by atoms with Crippen molar-refractivity contribution in [2.45, 2.75) is 57.2 Å². The van der Waals surface area contributed by atoms with Gasteiger partial charge in [0.25, 0.3) is 0 Å². The van der Waals surface area contributed by atoms with Crippen molar-refractivity contribution in [3.05, 3.63) is 23.5 Å². The molecule has 114 valence electrons. The zero-order valence-corrected chi connectivity index (χ0v) is 13.5. The Bertz CT molecular complexity index is 582. The Labute approximate surface area is 130 Å². The van der Waals surface area contributed by atoms with E-state index in [4.69, 9.17) is 4.98 Å². The normalized spacial score (nSPS) is 26.6. The van der Waals surface area contributed by atoms with Crippen LogP contribution >= 0.6 is 11.3 Å². The minimum atomic E-state index is 0.377. The molecule has 5 heteroatoms. The Hall–Kier alpha value is -0.910. The zero-order chi connectivity index (χ0) is 14.3. The summed E-state index contributed by atoms with van der Waals surface area (Å²) in [4.78, 5) is 8.63. The Morgan fingerprint density at radius 3 is 3.05 bits per heavy atom. The highest BCUT2D eigenvalue weighted by molar-refractivity contribution is 7.15. The fourth-order valence-corrected chi connectivity index (χ4v) is 4.77. The fraction of sp³-hybridized carbons (Fsp3) is 0.688. The van der Waals surface area contributed by atoms with Crippen LogP contribution in [0.3, 0.4) is 0 Å². The number of aromatic nitrogens is 2. The van der Waals surface area contributed by atoms with Gasteiger partial charge in [-0.05, 0) is 19.8 Å². The summed E-state index contributed by atoms with van der Waals surface area (Å²) in [5.74, 6) is 0. The summed E-state index contributed by atoms with van der Waals surface area (Å²) >= 11 is 1.72. The molecule has 1 atom stereocenters. The molecule has 1 saturated heterocycles. The third kappa shape index (κ3) is 2.51. The minimum absolute atomic E-state index is 0.377. The fourth-order valence-electron chi connectivity index (χ4n) is 4.05. The van der Waals surface area contributed by atoms with Crippen LogP contribution in [0.5, 0.6) is 0 Å². The molecule has 1 spiro atoms. The van der Waals surface area contributed by atoms with Gasteiger partial charge in [-0.15, -0.1) is 11.3 Å². The molecule has 2 aliphatic rings. The molecule has 1 saturated carbocycles. The number of nitrogens with one attached hydrogen (secondary N) is 1. The van der Waals surface area contributed by atoms with Crippen LogP contribution in [-0.4, -0.2) is 39.0 Å². The lowest BCUT2D eigenvalue weighted by Gasteiger charge is -2.51. The van der Waals surface area contributed by atoms with Crippen LogP contribution in [0, 0.1) is 0 Å². The summed E-state index contributed by atoms with van der Waals surface area (Å²) in [5, 5.41) is 5.81. The van der Waals surface area contributed by atoms with E-state index in [2.05, 4.69) is 39.3 Å². The lowest BCUT2D eigenvalue weighted by molar-refractivity contribution is 0.00540. The summed E-state index contributed by atoms with van der Waals surface area (Å²) in [6.45, 7) is 5.59. The Morgan fingerprint density at radius 1 is 1.38 bits per heavy atom. The van der Waals surface area contributed by atoms with E-state index in [1.807, 2.05) is 0 Å². The van der Waals surface area contributed by atoms with Crippen LogP contribution in [0.2, 0.25) is 0 Å². The van der Waals surface area contributed by atoms with E-state index < -0.39 is 0 Å². The van der Waals surface area contributed by atoms with Gasteiger partial charge in [0.1, 0.15) is 0 Å². The zero-order valence-electron chi connectivity index (χ0n) is 12.7. The van der Waals surface area contributed by atoms with Crippen molar-refractivity contribution >= 4 is 16.3 Å². The van der Waals surface area contributed by atoms with Crippen molar-refractivity contribution < 1.29 is 0 Å². The van der Waals surface area contributed by atoms with E-state index >= 15 is 0 Å². The number of rotatable bonds is 2. The smallest absolute Gasteiger partial charge is 0.193 e. The second kappa shape index (κ2) is 5.38. The largest absolute Gasteiger partial charge is 0.311 e.